The topological polar surface area (TPSA) is 84.9 Å². The summed E-state index contributed by atoms with van der Waals surface area (Å²) in [5, 5.41) is 2.90. The van der Waals surface area contributed by atoms with Gasteiger partial charge < -0.3 is 14.8 Å². The highest BCUT2D eigenvalue weighted by molar-refractivity contribution is 7.92. The maximum absolute atomic E-state index is 13.4. The lowest BCUT2D eigenvalue weighted by atomic mass is 10.0. The second-order valence-electron chi connectivity index (χ2n) is 8.00. The van der Waals surface area contributed by atoms with Crippen LogP contribution in [-0.4, -0.2) is 34.6 Å². The number of amides is 1. The number of ether oxygens (including phenoxy) is 2. The highest BCUT2D eigenvalue weighted by atomic mass is 32.2. The minimum absolute atomic E-state index is 0.176. The Hall–Kier alpha value is -3.52. The molecule has 1 aliphatic rings. The molecule has 0 spiro atoms. The van der Waals surface area contributed by atoms with Crippen LogP contribution >= 0.6 is 0 Å². The van der Waals surface area contributed by atoms with E-state index < -0.39 is 10.0 Å². The molecule has 0 atom stereocenters. The largest absolute Gasteiger partial charge is 0.497 e. The van der Waals surface area contributed by atoms with E-state index in [0.29, 0.717) is 30.3 Å². The Morgan fingerprint density at radius 3 is 2.38 bits per heavy atom. The first-order chi connectivity index (χ1) is 16.4. The smallest absolute Gasteiger partial charge is 0.264 e. The van der Waals surface area contributed by atoms with E-state index >= 15 is 0 Å². The molecule has 3 aromatic carbocycles. The molecule has 1 N–H and O–H groups in total. The Labute approximate surface area is 200 Å². The number of carbonyl (C=O) groups excluding carboxylic acids is 1. The average Bonchev–Trinajstić information content (AvgIpc) is 2.85. The molecule has 0 bridgehead atoms. The molecule has 8 heteroatoms. The van der Waals surface area contributed by atoms with Gasteiger partial charge in [-0.15, -0.1) is 0 Å². The number of rotatable bonds is 8. The Morgan fingerprint density at radius 2 is 1.71 bits per heavy atom. The fourth-order valence-corrected chi connectivity index (χ4v) is 5.54. The highest BCUT2D eigenvalue weighted by Gasteiger charge is 2.29. The third-order valence-corrected chi connectivity index (χ3v) is 7.52. The molecule has 0 unspecified atom stereocenters. The molecule has 1 heterocycles. The van der Waals surface area contributed by atoms with E-state index in [1.54, 1.807) is 30.3 Å². The summed E-state index contributed by atoms with van der Waals surface area (Å²) in [5.74, 6) is 1.18. The van der Waals surface area contributed by atoms with Crippen molar-refractivity contribution in [1.82, 2.24) is 0 Å². The van der Waals surface area contributed by atoms with Crippen LogP contribution in [0, 0.1) is 0 Å². The Morgan fingerprint density at radius 1 is 1.00 bits per heavy atom. The number of sulfonamides is 1. The Balaban J connectivity index is 1.52. The van der Waals surface area contributed by atoms with Crippen molar-refractivity contribution in [2.45, 2.75) is 31.1 Å². The molecular weight excluding hydrogens is 452 g/mol. The van der Waals surface area contributed by atoms with Gasteiger partial charge in [-0.25, -0.2) is 8.42 Å². The summed E-state index contributed by atoms with van der Waals surface area (Å²) in [4.78, 5) is 12.8. The van der Waals surface area contributed by atoms with Crippen LogP contribution in [0.3, 0.4) is 0 Å². The molecular formula is C26H28N2O5S. The molecule has 178 valence electrons. The minimum atomic E-state index is -3.75. The van der Waals surface area contributed by atoms with E-state index in [0.717, 1.165) is 29.7 Å². The highest BCUT2D eigenvalue weighted by Crippen LogP contribution is 2.34. The summed E-state index contributed by atoms with van der Waals surface area (Å²) in [5.41, 5.74) is 2.96. The van der Waals surface area contributed by atoms with Gasteiger partial charge in [0.25, 0.3) is 10.0 Å². The van der Waals surface area contributed by atoms with Crippen molar-refractivity contribution in [3.8, 4) is 11.5 Å². The van der Waals surface area contributed by atoms with Crippen molar-refractivity contribution < 1.29 is 22.7 Å². The predicted octanol–water partition coefficient (Wildman–Crippen LogP) is 4.42. The molecule has 0 saturated heterocycles. The van der Waals surface area contributed by atoms with Gasteiger partial charge in [0.1, 0.15) is 11.5 Å². The predicted molar refractivity (Wildman–Crippen MR) is 132 cm³/mol. The summed E-state index contributed by atoms with van der Waals surface area (Å²) in [6.07, 6.45) is 1.72. The van der Waals surface area contributed by atoms with Gasteiger partial charge >= 0.3 is 0 Å². The number of nitrogens with one attached hydrogen (secondary N) is 1. The molecule has 1 aliphatic heterocycles. The van der Waals surface area contributed by atoms with Crippen LogP contribution < -0.4 is 19.1 Å². The first-order valence-corrected chi connectivity index (χ1v) is 12.7. The van der Waals surface area contributed by atoms with Crippen molar-refractivity contribution in [3.63, 3.8) is 0 Å². The summed E-state index contributed by atoms with van der Waals surface area (Å²) in [6, 6.07) is 19.2. The van der Waals surface area contributed by atoms with E-state index in [2.05, 4.69) is 5.32 Å². The number of nitrogens with zero attached hydrogens (tertiary/aromatic N) is 1. The van der Waals surface area contributed by atoms with Crippen molar-refractivity contribution >= 4 is 27.3 Å². The minimum Gasteiger partial charge on any atom is -0.497 e. The standard InChI is InChI=1S/C26H28N2O5S/c1-3-33-23-10-6-19(7-11-23)17-26(29)27-21-9-8-20-5-4-16-28(25(20)18-21)34(30,31)24-14-12-22(32-2)13-15-24/h6-15,18H,3-5,16-17H2,1-2H3,(H,27,29). The maximum Gasteiger partial charge on any atom is 0.264 e. The van der Waals surface area contributed by atoms with Crippen molar-refractivity contribution in [2.75, 3.05) is 29.9 Å². The Kier molecular flexibility index (Phi) is 7.07. The van der Waals surface area contributed by atoms with Crippen molar-refractivity contribution in [1.29, 1.82) is 0 Å². The SMILES string of the molecule is CCOc1ccc(CC(=O)Nc2ccc3c(c2)N(S(=O)(=O)c2ccc(OC)cc2)CCC3)cc1. The number of hydrogen-bond acceptors (Lipinski definition) is 5. The van der Waals surface area contributed by atoms with Gasteiger partial charge in [-0.3, -0.25) is 9.10 Å². The normalized spacial score (nSPS) is 13.2. The molecule has 7 nitrogen and oxygen atoms in total. The summed E-state index contributed by atoms with van der Waals surface area (Å²) < 4.78 is 38.8. The lowest BCUT2D eigenvalue weighted by molar-refractivity contribution is -0.115. The Bertz CT molecular complexity index is 1260. The van der Waals surface area contributed by atoms with Crippen LogP contribution in [0.2, 0.25) is 0 Å². The number of aryl methyl sites for hydroxylation is 1. The van der Waals surface area contributed by atoms with Crippen LogP contribution in [0.15, 0.2) is 71.6 Å². The van der Waals surface area contributed by atoms with E-state index in [1.807, 2.05) is 43.3 Å². The lowest BCUT2D eigenvalue weighted by Gasteiger charge is -2.31. The zero-order valence-corrected chi connectivity index (χ0v) is 20.1. The summed E-state index contributed by atoms with van der Waals surface area (Å²) >= 11 is 0. The second-order valence-corrected chi connectivity index (χ2v) is 9.86. The van der Waals surface area contributed by atoms with Gasteiger partial charge in [0.15, 0.2) is 0 Å². The molecule has 4 rings (SSSR count). The van der Waals surface area contributed by atoms with Gasteiger partial charge in [-0.1, -0.05) is 18.2 Å². The quantitative estimate of drug-likeness (QED) is 0.516. The van der Waals surface area contributed by atoms with Gasteiger partial charge in [0.2, 0.25) is 5.91 Å². The maximum atomic E-state index is 13.4. The number of benzene rings is 3. The van der Waals surface area contributed by atoms with Crippen molar-refractivity contribution in [2.24, 2.45) is 0 Å². The lowest BCUT2D eigenvalue weighted by Crippen LogP contribution is -2.35. The zero-order chi connectivity index (χ0) is 24.1. The second kappa shape index (κ2) is 10.2. The number of fused-ring (bicyclic) bond motifs is 1. The van der Waals surface area contributed by atoms with E-state index in [-0.39, 0.29) is 17.2 Å². The number of methoxy groups -OCH3 is 1. The molecule has 0 aliphatic carbocycles. The van der Waals surface area contributed by atoms with Crippen molar-refractivity contribution in [3.05, 3.63) is 77.9 Å². The third kappa shape index (κ3) is 5.17. The fourth-order valence-electron chi connectivity index (χ4n) is 4.00. The molecule has 0 radical (unpaired) electrons. The monoisotopic (exact) mass is 480 g/mol. The third-order valence-electron chi connectivity index (χ3n) is 5.69. The van der Waals surface area contributed by atoms with E-state index in [4.69, 9.17) is 9.47 Å². The number of carbonyl (C=O) groups is 1. The summed E-state index contributed by atoms with van der Waals surface area (Å²) in [6.45, 7) is 2.89. The van der Waals surface area contributed by atoms with Crippen LogP contribution in [-0.2, 0) is 27.7 Å². The zero-order valence-electron chi connectivity index (χ0n) is 19.3. The first kappa shape index (κ1) is 23.6. The van der Waals surface area contributed by atoms with Crippen LogP contribution in [0.5, 0.6) is 11.5 Å². The van der Waals surface area contributed by atoms with Gasteiger partial charge in [-0.2, -0.15) is 0 Å². The van der Waals surface area contributed by atoms with E-state index in [1.165, 1.54) is 11.4 Å². The van der Waals surface area contributed by atoms with E-state index in [9.17, 15) is 13.2 Å². The fraction of sp³-hybridized carbons (Fsp3) is 0.269. The molecule has 3 aromatic rings. The van der Waals surface area contributed by atoms with Crippen LogP contribution in [0.4, 0.5) is 11.4 Å². The first-order valence-electron chi connectivity index (χ1n) is 11.2. The van der Waals surface area contributed by atoms with Gasteiger partial charge in [-0.05, 0) is 79.4 Å². The van der Waals surface area contributed by atoms with Gasteiger partial charge in [0, 0.05) is 12.2 Å². The molecule has 34 heavy (non-hydrogen) atoms. The van der Waals surface area contributed by atoms with Gasteiger partial charge in [0.05, 0.1) is 30.7 Å². The van der Waals surface area contributed by atoms with Crippen LogP contribution in [0.25, 0.3) is 0 Å². The molecule has 0 saturated carbocycles. The number of hydrogen-bond donors (Lipinski definition) is 1. The number of anilines is 2. The molecule has 0 fully saturated rings. The summed E-state index contributed by atoms with van der Waals surface area (Å²) in [7, 11) is -2.21. The molecule has 1 amide bonds. The van der Waals surface area contributed by atoms with Crippen LogP contribution in [0.1, 0.15) is 24.5 Å². The molecule has 0 aromatic heterocycles. The average molecular weight is 481 g/mol.